The molecule has 0 amide bonds. The molecule has 1 aromatic rings. The van der Waals surface area contributed by atoms with Crippen molar-refractivity contribution in [1.29, 1.82) is 0 Å². The largest absolute Gasteiger partial charge is 0.494 e. The molecular weight excluding hydrogens is 210 g/mol. The summed E-state index contributed by atoms with van der Waals surface area (Å²) in [5.74, 6) is -0.433. The first-order chi connectivity index (χ1) is 7.63. The molecule has 1 rings (SSSR count). The number of benzene rings is 1. The lowest BCUT2D eigenvalue weighted by Crippen LogP contribution is -2.31. The molecule has 1 aromatic carbocycles. The Balaban J connectivity index is 2.39. The fraction of sp³-hybridized carbons (Fsp3) is 0.364. The third kappa shape index (κ3) is 3.88. The maximum Gasteiger partial charge on any atom is 0.320 e. The van der Waals surface area contributed by atoms with Gasteiger partial charge in [0.25, 0.3) is 0 Å². The highest BCUT2D eigenvalue weighted by Gasteiger charge is 2.10. The maximum absolute atomic E-state index is 10.4. The van der Waals surface area contributed by atoms with Crippen molar-refractivity contribution in [2.24, 2.45) is 5.73 Å². The molecule has 88 valence electrons. The van der Waals surface area contributed by atoms with Crippen LogP contribution in [0.15, 0.2) is 24.3 Å². The summed E-state index contributed by atoms with van der Waals surface area (Å²) in [7, 11) is 0. The summed E-state index contributed by atoms with van der Waals surface area (Å²) in [6, 6.07) is 6.08. The zero-order valence-corrected chi connectivity index (χ0v) is 8.80. The van der Waals surface area contributed by atoms with Gasteiger partial charge >= 0.3 is 5.97 Å². The zero-order valence-electron chi connectivity index (χ0n) is 8.80. The number of nitrogens with two attached hydrogens (primary N) is 1. The smallest absolute Gasteiger partial charge is 0.320 e. The number of ether oxygens (including phenoxy) is 1. The predicted octanol–water partition coefficient (Wildman–Crippen LogP) is 0.360. The molecule has 0 aromatic heterocycles. The van der Waals surface area contributed by atoms with Gasteiger partial charge in [-0.2, -0.15) is 0 Å². The van der Waals surface area contributed by atoms with E-state index in [0.717, 1.165) is 5.56 Å². The van der Waals surface area contributed by atoms with Crippen LogP contribution in [0.1, 0.15) is 12.0 Å². The van der Waals surface area contributed by atoms with E-state index in [9.17, 15) is 4.79 Å². The molecule has 0 spiro atoms. The average Bonchev–Trinajstić information content (AvgIpc) is 2.29. The van der Waals surface area contributed by atoms with Crippen molar-refractivity contribution in [3.63, 3.8) is 0 Å². The Morgan fingerprint density at radius 2 is 2.25 bits per heavy atom. The van der Waals surface area contributed by atoms with Gasteiger partial charge in [-0.05, 0) is 17.7 Å². The van der Waals surface area contributed by atoms with E-state index in [-0.39, 0.29) is 19.6 Å². The maximum atomic E-state index is 10.4. The lowest BCUT2D eigenvalue weighted by atomic mass is 10.2. The van der Waals surface area contributed by atoms with Crippen molar-refractivity contribution >= 4 is 5.97 Å². The lowest BCUT2D eigenvalue weighted by molar-refractivity contribution is -0.138. The molecule has 5 heteroatoms. The Labute approximate surface area is 93.5 Å². The molecule has 0 saturated heterocycles. The minimum absolute atomic E-state index is 0.0498. The zero-order chi connectivity index (χ0) is 12.0. The van der Waals surface area contributed by atoms with E-state index >= 15 is 0 Å². The molecule has 1 unspecified atom stereocenters. The Morgan fingerprint density at radius 3 is 2.88 bits per heavy atom. The second-order valence-corrected chi connectivity index (χ2v) is 3.39. The monoisotopic (exact) mass is 225 g/mol. The van der Waals surface area contributed by atoms with E-state index in [4.69, 9.17) is 20.7 Å². The van der Waals surface area contributed by atoms with E-state index in [1.165, 1.54) is 0 Å². The molecule has 0 heterocycles. The van der Waals surface area contributed by atoms with Crippen LogP contribution in [0.25, 0.3) is 0 Å². The number of carboxylic acid groups (broad SMARTS) is 1. The van der Waals surface area contributed by atoms with Crippen LogP contribution in [0.3, 0.4) is 0 Å². The van der Waals surface area contributed by atoms with Crippen LogP contribution in [-0.4, -0.2) is 28.8 Å². The number of aliphatic carboxylic acids is 1. The summed E-state index contributed by atoms with van der Waals surface area (Å²) >= 11 is 0. The van der Waals surface area contributed by atoms with Crippen LogP contribution in [-0.2, 0) is 11.4 Å². The van der Waals surface area contributed by atoms with E-state index in [1.807, 2.05) is 0 Å². The van der Waals surface area contributed by atoms with Crippen molar-refractivity contribution < 1.29 is 19.7 Å². The molecular formula is C11H15NO4. The summed E-state index contributed by atoms with van der Waals surface area (Å²) in [4.78, 5) is 10.4. The summed E-state index contributed by atoms with van der Waals surface area (Å²) in [5.41, 5.74) is 6.07. The quantitative estimate of drug-likeness (QED) is 0.650. The van der Waals surface area contributed by atoms with Gasteiger partial charge in [-0.1, -0.05) is 12.1 Å². The number of hydrogen-bond donors (Lipinski definition) is 3. The van der Waals surface area contributed by atoms with Gasteiger partial charge in [0.05, 0.1) is 13.2 Å². The van der Waals surface area contributed by atoms with Crippen molar-refractivity contribution in [3.05, 3.63) is 29.8 Å². The highest BCUT2D eigenvalue weighted by molar-refractivity contribution is 5.72. The van der Waals surface area contributed by atoms with Crippen molar-refractivity contribution in [1.82, 2.24) is 0 Å². The molecule has 0 aliphatic carbocycles. The lowest BCUT2D eigenvalue weighted by Gasteiger charge is -2.09. The average molecular weight is 225 g/mol. The fourth-order valence-electron chi connectivity index (χ4n) is 1.16. The van der Waals surface area contributed by atoms with Crippen LogP contribution >= 0.6 is 0 Å². The minimum Gasteiger partial charge on any atom is -0.494 e. The van der Waals surface area contributed by atoms with E-state index in [1.54, 1.807) is 24.3 Å². The second kappa shape index (κ2) is 6.09. The number of aliphatic hydroxyl groups excluding tert-OH is 1. The van der Waals surface area contributed by atoms with Crippen molar-refractivity contribution in [2.75, 3.05) is 6.61 Å². The summed E-state index contributed by atoms with van der Waals surface area (Å²) in [6.45, 7) is 0.189. The molecule has 0 aliphatic rings. The number of carboxylic acids is 1. The van der Waals surface area contributed by atoms with Gasteiger partial charge in [-0.3, -0.25) is 4.79 Å². The van der Waals surface area contributed by atoms with Crippen LogP contribution in [0, 0.1) is 0 Å². The van der Waals surface area contributed by atoms with Crippen LogP contribution in [0.5, 0.6) is 5.75 Å². The number of carbonyl (C=O) groups is 1. The normalized spacial score (nSPS) is 12.1. The van der Waals surface area contributed by atoms with Crippen LogP contribution in [0.2, 0.25) is 0 Å². The first-order valence-corrected chi connectivity index (χ1v) is 4.94. The van der Waals surface area contributed by atoms with Gasteiger partial charge in [0.2, 0.25) is 0 Å². The molecule has 4 N–H and O–H groups in total. The van der Waals surface area contributed by atoms with Crippen molar-refractivity contribution in [3.8, 4) is 5.75 Å². The van der Waals surface area contributed by atoms with Crippen molar-refractivity contribution in [2.45, 2.75) is 19.1 Å². The van der Waals surface area contributed by atoms with E-state index < -0.39 is 12.0 Å². The standard InChI is InChI=1S/C11H15NO4/c12-10(11(14)15)4-5-16-9-3-1-2-8(6-9)7-13/h1-3,6,10,13H,4-5,7,12H2,(H,14,15). The third-order valence-corrected chi connectivity index (χ3v) is 2.10. The molecule has 0 bridgehead atoms. The highest BCUT2D eigenvalue weighted by atomic mass is 16.5. The molecule has 0 aliphatic heterocycles. The molecule has 0 saturated carbocycles. The van der Waals surface area contributed by atoms with Gasteiger partial charge < -0.3 is 20.7 Å². The first-order valence-electron chi connectivity index (χ1n) is 4.94. The summed E-state index contributed by atoms with van der Waals surface area (Å²) in [6.07, 6.45) is 0.249. The molecule has 0 fully saturated rings. The second-order valence-electron chi connectivity index (χ2n) is 3.39. The summed E-state index contributed by atoms with van der Waals surface area (Å²) in [5, 5.41) is 17.4. The van der Waals surface area contributed by atoms with Gasteiger partial charge in [-0.25, -0.2) is 0 Å². The number of aliphatic hydroxyl groups is 1. The van der Waals surface area contributed by atoms with Gasteiger partial charge in [0, 0.05) is 6.42 Å². The van der Waals surface area contributed by atoms with Gasteiger partial charge in [-0.15, -0.1) is 0 Å². The SMILES string of the molecule is NC(CCOc1cccc(CO)c1)C(=O)O. The Bertz CT molecular complexity index is 354. The Hall–Kier alpha value is -1.59. The fourth-order valence-corrected chi connectivity index (χ4v) is 1.16. The molecule has 16 heavy (non-hydrogen) atoms. The number of hydrogen-bond acceptors (Lipinski definition) is 4. The minimum atomic E-state index is -1.03. The van der Waals surface area contributed by atoms with Gasteiger partial charge in [0.15, 0.2) is 0 Å². The first kappa shape index (κ1) is 12.5. The van der Waals surface area contributed by atoms with E-state index in [0.29, 0.717) is 5.75 Å². The number of rotatable bonds is 6. The van der Waals surface area contributed by atoms with E-state index in [2.05, 4.69) is 0 Å². The topological polar surface area (TPSA) is 92.8 Å². The van der Waals surface area contributed by atoms with Gasteiger partial charge in [0.1, 0.15) is 11.8 Å². The van der Waals surface area contributed by atoms with Crippen LogP contribution < -0.4 is 10.5 Å². The van der Waals surface area contributed by atoms with Crippen LogP contribution in [0.4, 0.5) is 0 Å². The molecule has 1 atom stereocenters. The highest BCUT2D eigenvalue weighted by Crippen LogP contribution is 2.13. The molecule has 0 radical (unpaired) electrons. The third-order valence-electron chi connectivity index (χ3n) is 2.10. The molecule has 5 nitrogen and oxygen atoms in total. The summed E-state index contributed by atoms with van der Waals surface area (Å²) < 4.78 is 5.31. The Morgan fingerprint density at radius 1 is 1.50 bits per heavy atom. The Kier molecular flexibility index (Phi) is 4.75. The predicted molar refractivity (Wildman–Crippen MR) is 58.1 cm³/mol.